The molecular weight excluding hydrogens is 510 g/mol. The fourth-order valence-corrected chi connectivity index (χ4v) is 8.16. The number of allylic oxidation sites excluding steroid dienone is 3. The number of ether oxygens (including phenoxy) is 1. The molecular formula is C36H43NO4. The number of nitrogens with one attached hydrogen (secondary N) is 1. The number of phenolic OH excluding ortho intramolecular Hbond substituents is 1. The van der Waals surface area contributed by atoms with Gasteiger partial charge < -0.3 is 15.2 Å². The molecule has 3 aliphatic carbocycles. The summed E-state index contributed by atoms with van der Waals surface area (Å²) in [4.78, 5) is 28.3. The van der Waals surface area contributed by atoms with Crippen molar-refractivity contribution in [3.63, 3.8) is 0 Å². The lowest BCUT2D eigenvalue weighted by atomic mass is 9.70. The molecule has 0 amide bonds. The smallest absolute Gasteiger partial charge is 0.337 e. The molecule has 5 nitrogen and oxygen atoms in total. The van der Waals surface area contributed by atoms with Crippen LogP contribution < -0.4 is 5.32 Å². The van der Waals surface area contributed by atoms with Crippen LogP contribution in [0.15, 0.2) is 58.9 Å². The highest BCUT2D eigenvalue weighted by Crippen LogP contribution is 2.48. The van der Waals surface area contributed by atoms with Crippen molar-refractivity contribution in [2.45, 2.75) is 109 Å². The van der Waals surface area contributed by atoms with Gasteiger partial charge in [0.05, 0.1) is 5.57 Å². The van der Waals surface area contributed by atoms with E-state index in [2.05, 4.69) is 38.2 Å². The Kier molecular flexibility index (Phi) is 7.80. The molecule has 2 atom stereocenters. The van der Waals surface area contributed by atoms with Crippen LogP contribution in [0.25, 0.3) is 0 Å². The fraction of sp³-hybridized carbons (Fsp3) is 0.500. The van der Waals surface area contributed by atoms with Crippen molar-refractivity contribution in [1.82, 2.24) is 5.32 Å². The predicted molar refractivity (Wildman–Crippen MR) is 161 cm³/mol. The lowest BCUT2D eigenvalue weighted by molar-refractivity contribution is -0.144. The Labute approximate surface area is 244 Å². The number of hydrogen-bond acceptors (Lipinski definition) is 5. The van der Waals surface area contributed by atoms with E-state index in [1.54, 1.807) is 18.2 Å². The maximum Gasteiger partial charge on any atom is 0.337 e. The van der Waals surface area contributed by atoms with Gasteiger partial charge in [0.1, 0.15) is 11.9 Å². The van der Waals surface area contributed by atoms with E-state index < -0.39 is 5.92 Å². The maximum absolute atomic E-state index is 14.2. The maximum atomic E-state index is 14.2. The quantitative estimate of drug-likeness (QED) is 0.358. The van der Waals surface area contributed by atoms with Gasteiger partial charge in [0.25, 0.3) is 0 Å². The lowest BCUT2D eigenvalue weighted by Crippen LogP contribution is -2.38. The van der Waals surface area contributed by atoms with Gasteiger partial charge in [-0.3, -0.25) is 4.79 Å². The molecule has 2 saturated carbocycles. The van der Waals surface area contributed by atoms with E-state index in [0.717, 1.165) is 68.3 Å². The first-order chi connectivity index (χ1) is 19.8. The molecule has 1 aliphatic heterocycles. The van der Waals surface area contributed by atoms with E-state index in [9.17, 15) is 14.7 Å². The predicted octanol–water partition coefficient (Wildman–Crippen LogP) is 7.73. The number of carbonyl (C=O) groups excluding carboxylic acids is 2. The SMILES string of the molecule is Cc1cc(C)c(C2CC(=O)C3=C(C2)NC(CC2CCCC2)=C(C(=O)OC2CCCC2)C3c2cccc(O)c2)c(C)c1. The van der Waals surface area contributed by atoms with Crippen LogP contribution in [-0.4, -0.2) is 23.0 Å². The molecule has 2 N–H and O–H groups in total. The molecule has 1 heterocycles. The number of aromatic hydroxyl groups is 1. The van der Waals surface area contributed by atoms with Gasteiger partial charge in [0.2, 0.25) is 0 Å². The number of phenols is 1. The normalized spacial score (nSPS) is 23.6. The van der Waals surface area contributed by atoms with Crippen LogP contribution in [0.5, 0.6) is 5.75 Å². The summed E-state index contributed by atoms with van der Waals surface area (Å²) >= 11 is 0. The van der Waals surface area contributed by atoms with Crippen molar-refractivity contribution in [2.75, 3.05) is 0 Å². The third-order valence-electron chi connectivity index (χ3n) is 9.83. The highest BCUT2D eigenvalue weighted by molar-refractivity contribution is 6.04. The summed E-state index contributed by atoms with van der Waals surface area (Å²) in [6.07, 6.45) is 10.5. The highest BCUT2D eigenvalue weighted by atomic mass is 16.5. The molecule has 41 heavy (non-hydrogen) atoms. The van der Waals surface area contributed by atoms with Crippen LogP contribution >= 0.6 is 0 Å². The van der Waals surface area contributed by atoms with E-state index in [1.165, 1.54) is 35.1 Å². The molecule has 0 saturated heterocycles. The summed E-state index contributed by atoms with van der Waals surface area (Å²) in [6.45, 7) is 6.41. The van der Waals surface area contributed by atoms with Gasteiger partial charge >= 0.3 is 5.97 Å². The summed E-state index contributed by atoms with van der Waals surface area (Å²) in [6, 6.07) is 11.5. The minimum Gasteiger partial charge on any atom is -0.508 e. The largest absolute Gasteiger partial charge is 0.508 e. The van der Waals surface area contributed by atoms with E-state index in [-0.39, 0.29) is 29.5 Å². The molecule has 2 aromatic carbocycles. The lowest BCUT2D eigenvalue weighted by Gasteiger charge is -2.38. The van der Waals surface area contributed by atoms with Crippen LogP contribution in [0.1, 0.15) is 110 Å². The number of rotatable bonds is 6. The Morgan fingerprint density at radius 2 is 1.63 bits per heavy atom. The molecule has 6 rings (SSSR count). The van der Waals surface area contributed by atoms with E-state index in [1.807, 2.05) is 6.07 Å². The molecule has 0 bridgehead atoms. The molecule has 0 aromatic heterocycles. The topological polar surface area (TPSA) is 75.6 Å². The third kappa shape index (κ3) is 5.60. The van der Waals surface area contributed by atoms with E-state index in [0.29, 0.717) is 23.5 Å². The summed E-state index contributed by atoms with van der Waals surface area (Å²) < 4.78 is 6.14. The van der Waals surface area contributed by atoms with Crippen molar-refractivity contribution < 1.29 is 19.4 Å². The van der Waals surface area contributed by atoms with Crippen LogP contribution in [0.3, 0.4) is 0 Å². The molecule has 4 aliphatic rings. The first kappa shape index (κ1) is 27.8. The second kappa shape index (κ2) is 11.5. The van der Waals surface area contributed by atoms with Crippen molar-refractivity contribution in [2.24, 2.45) is 5.92 Å². The number of Topliss-reactive ketones (excluding diaryl/α,β-unsaturated/α-hetero) is 1. The van der Waals surface area contributed by atoms with Gasteiger partial charge in [-0.15, -0.1) is 0 Å². The van der Waals surface area contributed by atoms with E-state index >= 15 is 0 Å². The number of esters is 1. The monoisotopic (exact) mass is 553 g/mol. The Morgan fingerprint density at radius 1 is 0.951 bits per heavy atom. The number of dihydropyridines is 1. The van der Waals surface area contributed by atoms with Crippen molar-refractivity contribution in [1.29, 1.82) is 0 Å². The van der Waals surface area contributed by atoms with Gasteiger partial charge in [-0.05, 0) is 106 Å². The molecule has 2 unspecified atom stereocenters. The number of carbonyl (C=O) groups is 2. The Bertz CT molecular complexity index is 1400. The zero-order valence-corrected chi connectivity index (χ0v) is 24.7. The van der Waals surface area contributed by atoms with Crippen LogP contribution in [0.4, 0.5) is 0 Å². The van der Waals surface area contributed by atoms with Gasteiger partial charge in [-0.25, -0.2) is 4.79 Å². The summed E-state index contributed by atoms with van der Waals surface area (Å²) in [5, 5.41) is 14.2. The molecule has 2 aromatic rings. The molecule has 2 fully saturated rings. The Hall–Kier alpha value is -3.34. The first-order valence-corrected chi connectivity index (χ1v) is 15.6. The molecule has 5 heteroatoms. The number of benzene rings is 2. The van der Waals surface area contributed by atoms with E-state index in [4.69, 9.17) is 4.74 Å². The van der Waals surface area contributed by atoms with Crippen LogP contribution in [0.2, 0.25) is 0 Å². The second-order valence-corrected chi connectivity index (χ2v) is 12.9. The third-order valence-corrected chi connectivity index (χ3v) is 9.83. The van der Waals surface area contributed by atoms with Crippen LogP contribution in [-0.2, 0) is 14.3 Å². The Morgan fingerprint density at radius 3 is 2.32 bits per heavy atom. The van der Waals surface area contributed by atoms with Gasteiger partial charge in [0.15, 0.2) is 5.78 Å². The highest BCUT2D eigenvalue weighted by Gasteiger charge is 2.43. The zero-order valence-electron chi connectivity index (χ0n) is 24.7. The van der Waals surface area contributed by atoms with Crippen molar-refractivity contribution in [3.8, 4) is 5.75 Å². The average Bonchev–Trinajstić information content (AvgIpc) is 3.62. The number of hydrogen-bond donors (Lipinski definition) is 2. The van der Waals surface area contributed by atoms with Crippen molar-refractivity contribution >= 4 is 11.8 Å². The first-order valence-electron chi connectivity index (χ1n) is 15.6. The summed E-state index contributed by atoms with van der Waals surface area (Å²) in [5.74, 6) is -0.0530. The minimum atomic E-state index is -0.544. The second-order valence-electron chi connectivity index (χ2n) is 12.9. The minimum absolute atomic E-state index is 0.0677. The van der Waals surface area contributed by atoms with Crippen molar-refractivity contribution in [3.05, 3.63) is 86.8 Å². The molecule has 0 spiro atoms. The standard InChI is InChI=1S/C36H43NO4/c1-21-15-22(2)32(23(3)16-21)26-19-30-34(31(39)20-26)33(25-11-8-12-27(38)18-25)35(36(40)41-28-13-6-7-14-28)29(37-30)17-24-9-4-5-10-24/h8,11-12,15-16,18,24,26,28,33,37-38H,4-7,9-10,13-14,17,19-20H2,1-3H3. The Balaban J connectivity index is 1.45. The van der Waals surface area contributed by atoms with Gasteiger partial charge in [-0.2, -0.15) is 0 Å². The fourth-order valence-electron chi connectivity index (χ4n) is 8.16. The van der Waals surface area contributed by atoms with Gasteiger partial charge in [-0.1, -0.05) is 55.5 Å². The zero-order chi connectivity index (χ0) is 28.7. The number of aryl methyl sites for hydroxylation is 3. The molecule has 216 valence electrons. The van der Waals surface area contributed by atoms with Crippen LogP contribution in [0, 0.1) is 26.7 Å². The summed E-state index contributed by atoms with van der Waals surface area (Å²) in [5.41, 5.74) is 8.82. The average molecular weight is 554 g/mol. The molecule has 0 radical (unpaired) electrons. The van der Waals surface area contributed by atoms with Gasteiger partial charge in [0, 0.05) is 29.3 Å². The number of ketones is 1. The summed E-state index contributed by atoms with van der Waals surface area (Å²) in [7, 11) is 0.